The maximum absolute atomic E-state index is 14.6. The smallest absolute Gasteiger partial charge is 0.264 e. The van der Waals surface area contributed by atoms with Crippen LogP contribution in [0.2, 0.25) is 10.0 Å². The molecular weight excluding hydrogens is 641 g/mol. The Balaban J connectivity index is 1.86. The number of hydrogen-bond donors (Lipinski definition) is 1. The molecule has 242 valence electrons. The van der Waals surface area contributed by atoms with E-state index in [1.165, 1.54) is 29.2 Å². The lowest BCUT2D eigenvalue weighted by Crippen LogP contribution is -2.56. The van der Waals surface area contributed by atoms with Crippen molar-refractivity contribution in [3.05, 3.63) is 129 Å². The van der Waals surface area contributed by atoms with Crippen LogP contribution < -0.4 is 9.62 Å². The molecule has 4 aromatic carbocycles. The van der Waals surface area contributed by atoms with Gasteiger partial charge in [0, 0.05) is 23.5 Å². The molecule has 0 heterocycles. The van der Waals surface area contributed by atoms with E-state index in [1.54, 1.807) is 18.2 Å². The third kappa shape index (κ3) is 8.90. The van der Waals surface area contributed by atoms with Gasteiger partial charge >= 0.3 is 0 Å². The zero-order valence-electron chi connectivity index (χ0n) is 26.6. The van der Waals surface area contributed by atoms with Crippen LogP contribution >= 0.6 is 23.2 Å². The molecule has 4 aromatic rings. The van der Waals surface area contributed by atoms with E-state index in [-0.39, 0.29) is 39.5 Å². The van der Waals surface area contributed by atoms with Gasteiger partial charge in [-0.25, -0.2) is 8.42 Å². The van der Waals surface area contributed by atoms with Gasteiger partial charge in [-0.3, -0.25) is 13.9 Å². The number of sulfonamides is 1. The van der Waals surface area contributed by atoms with Crippen LogP contribution in [0, 0.1) is 13.8 Å². The van der Waals surface area contributed by atoms with Gasteiger partial charge in [0.25, 0.3) is 10.0 Å². The number of rotatable bonds is 11. The van der Waals surface area contributed by atoms with Gasteiger partial charge in [0.05, 0.1) is 15.6 Å². The van der Waals surface area contributed by atoms with Crippen molar-refractivity contribution in [2.45, 2.75) is 64.1 Å². The van der Waals surface area contributed by atoms with E-state index < -0.39 is 34.1 Å². The Kier molecular flexibility index (Phi) is 11.2. The molecule has 0 unspecified atom stereocenters. The minimum absolute atomic E-state index is 0.0151. The van der Waals surface area contributed by atoms with Crippen LogP contribution in [-0.4, -0.2) is 43.3 Å². The monoisotopic (exact) mass is 679 g/mol. The Labute approximate surface area is 282 Å². The van der Waals surface area contributed by atoms with E-state index in [0.717, 1.165) is 26.6 Å². The molecule has 1 N–H and O–H groups in total. The maximum atomic E-state index is 14.6. The molecule has 0 aliphatic carbocycles. The summed E-state index contributed by atoms with van der Waals surface area (Å²) in [6, 6.07) is 26.8. The minimum atomic E-state index is -4.31. The summed E-state index contributed by atoms with van der Waals surface area (Å²) in [5.41, 5.74) is 2.95. The highest BCUT2D eigenvalue weighted by atomic mass is 35.5. The molecule has 0 bridgehead atoms. The lowest BCUT2D eigenvalue weighted by Gasteiger charge is -2.35. The van der Waals surface area contributed by atoms with Crippen LogP contribution in [0.25, 0.3) is 0 Å². The number of amides is 2. The van der Waals surface area contributed by atoms with Gasteiger partial charge in [-0.2, -0.15) is 0 Å². The van der Waals surface area contributed by atoms with E-state index in [9.17, 15) is 18.0 Å². The number of nitrogens with zero attached hydrogens (tertiary/aromatic N) is 2. The minimum Gasteiger partial charge on any atom is -0.350 e. The van der Waals surface area contributed by atoms with E-state index in [4.69, 9.17) is 23.2 Å². The molecule has 2 amide bonds. The second-order valence-corrected chi connectivity index (χ2v) is 15.0. The lowest BCUT2D eigenvalue weighted by atomic mass is 10.00. The summed E-state index contributed by atoms with van der Waals surface area (Å²) in [5.74, 6) is -0.938. The molecule has 0 saturated heterocycles. The Hall–Kier alpha value is -3.85. The van der Waals surface area contributed by atoms with Gasteiger partial charge in [0.2, 0.25) is 11.8 Å². The van der Waals surface area contributed by atoms with Gasteiger partial charge in [-0.15, -0.1) is 0 Å². The average Bonchev–Trinajstić information content (AvgIpc) is 2.99. The highest BCUT2D eigenvalue weighted by Gasteiger charge is 2.36. The zero-order chi connectivity index (χ0) is 33.6. The second kappa shape index (κ2) is 14.7. The van der Waals surface area contributed by atoms with Crippen molar-refractivity contribution in [3.8, 4) is 0 Å². The third-order valence-electron chi connectivity index (χ3n) is 7.44. The third-order valence-corrected chi connectivity index (χ3v) is 9.76. The van der Waals surface area contributed by atoms with Crippen LogP contribution in [0.5, 0.6) is 0 Å². The number of carbonyl (C=O) groups is 2. The van der Waals surface area contributed by atoms with Crippen molar-refractivity contribution in [3.63, 3.8) is 0 Å². The van der Waals surface area contributed by atoms with Crippen molar-refractivity contribution in [1.29, 1.82) is 0 Å². The van der Waals surface area contributed by atoms with Crippen LogP contribution in [0.3, 0.4) is 0 Å². The molecule has 0 aliphatic rings. The Bertz CT molecular complexity index is 1790. The van der Waals surface area contributed by atoms with Crippen LogP contribution in [0.4, 0.5) is 5.69 Å². The van der Waals surface area contributed by atoms with Crippen LogP contribution in [-0.2, 0) is 32.6 Å². The summed E-state index contributed by atoms with van der Waals surface area (Å²) < 4.78 is 29.4. The summed E-state index contributed by atoms with van der Waals surface area (Å²) >= 11 is 12.9. The van der Waals surface area contributed by atoms with E-state index >= 15 is 0 Å². The molecule has 10 heteroatoms. The number of halogens is 2. The first-order chi connectivity index (χ1) is 21.7. The molecular formula is C36H39Cl2N3O4S. The van der Waals surface area contributed by atoms with Crippen molar-refractivity contribution in [2.24, 2.45) is 0 Å². The first kappa shape index (κ1) is 35.0. The standard InChI is InChI=1S/C36H39Cl2N3O4S/c1-25-15-18-30(19-16-25)46(44,45)41(32-22-29(37)17-20-31(32)38)24-34(42)40(23-28-14-10-9-11-26(28)2)33(35(43)39-36(3,4)5)21-27-12-7-6-8-13-27/h6-20,22,33H,21,23-24H2,1-5H3,(H,39,43)/t33-/m0/s1. The van der Waals surface area contributed by atoms with Gasteiger partial charge in [0.1, 0.15) is 12.6 Å². The predicted octanol–water partition coefficient (Wildman–Crippen LogP) is 7.36. The maximum Gasteiger partial charge on any atom is 0.264 e. The number of hydrogen-bond acceptors (Lipinski definition) is 4. The SMILES string of the molecule is Cc1ccc(S(=O)(=O)N(CC(=O)N(Cc2ccccc2C)[C@@H](Cc2ccccc2)C(=O)NC(C)(C)C)c2cc(Cl)ccc2Cl)cc1. The molecule has 0 radical (unpaired) electrons. The van der Waals surface area contributed by atoms with E-state index in [0.29, 0.717) is 0 Å². The molecule has 0 aromatic heterocycles. The fraction of sp³-hybridized carbons (Fsp3) is 0.278. The predicted molar refractivity (Wildman–Crippen MR) is 186 cm³/mol. The summed E-state index contributed by atoms with van der Waals surface area (Å²) in [5, 5.41) is 3.39. The topological polar surface area (TPSA) is 86.8 Å². The van der Waals surface area contributed by atoms with Crippen molar-refractivity contribution >= 4 is 50.7 Å². The quantitative estimate of drug-likeness (QED) is 0.179. The Morgan fingerprint density at radius 2 is 1.48 bits per heavy atom. The lowest BCUT2D eigenvalue weighted by molar-refractivity contribution is -0.140. The highest BCUT2D eigenvalue weighted by molar-refractivity contribution is 7.92. The first-order valence-electron chi connectivity index (χ1n) is 14.9. The highest BCUT2D eigenvalue weighted by Crippen LogP contribution is 2.33. The van der Waals surface area contributed by atoms with Crippen molar-refractivity contribution in [2.75, 3.05) is 10.8 Å². The van der Waals surface area contributed by atoms with Gasteiger partial charge < -0.3 is 10.2 Å². The fourth-order valence-electron chi connectivity index (χ4n) is 5.01. The van der Waals surface area contributed by atoms with E-state index in [2.05, 4.69) is 5.32 Å². The fourth-order valence-corrected chi connectivity index (χ4v) is 6.87. The van der Waals surface area contributed by atoms with Gasteiger partial charge in [0.15, 0.2) is 0 Å². The van der Waals surface area contributed by atoms with Crippen LogP contribution in [0.15, 0.2) is 102 Å². The number of nitrogens with one attached hydrogen (secondary N) is 1. The van der Waals surface area contributed by atoms with Crippen LogP contribution in [0.1, 0.15) is 43.0 Å². The molecule has 46 heavy (non-hydrogen) atoms. The summed E-state index contributed by atoms with van der Waals surface area (Å²) in [7, 11) is -4.31. The zero-order valence-corrected chi connectivity index (χ0v) is 29.0. The second-order valence-electron chi connectivity index (χ2n) is 12.3. The number of anilines is 1. The average molecular weight is 681 g/mol. The van der Waals surface area contributed by atoms with Gasteiger partial charge in [-0.1, -0.05) is 95.5 Å². The Morgan fingerprint density at radius 3 is 2.11 bits per heavy atom. The molecule has 4 rings (SSSR count). The summed E-state index contributed by atoms with van der Waals surface area (Å²) in [6.45, 7) is 8.83. The molecule has 0 spiro atoms. The van der Waals surface area contributed by atoms with E-state index in [1.807, 2.05) is 89.2 Å². The largest absolute Gasteiger partial charge is 0.350 e. The molecule has 7 nitrogen and oxygen atoms in total. The normalized spacial score (nSPS) is 12.3. The molecule has 0 fully saturated rings. The first-order valence-corrected chi connectivity index (χ1v) is 17.1. The molecule has 0 aliphatic heterocycles. The van der Waals surface area contributed by atoms with Crippen molar-refractivity contribution in [1.82, 2.24) is 10.2 Å². The number of aryl methyl sites for hydroxylation is 2. The summed E-state index contributed by atoms with van der Waals surface area (Å²) in [6.07, 6.45) is 0.211. The van der Waals surface area contributed by atoms with Gasteiger partial charge in [-0.05, 0) is 81.6 Å². The number of carbonyl (C=O) groups excluding carboxylic acids is 2. The summed E-state index contributed by atoms with van der Waals surface area (Å²) in [4.78, 5) is 30.1. The Morgan fingerprint density at radius 1 is 0.848 bits per heavy atom. The number of benzene rings is 4. The molecule has 0 saturated carbocycles. The van der Waals surface area contributed by atoms with Crippen molar-refractivity contribution < 1.29 is 18.0 Å². The molecule has 1 atom stereocenters.